The lowest BCUT2D eigenvalue weighted by Crippen LogP contribution is -2.45. The molecule has 27 heavy (non-hydrogen) atoms. The standard InChI is InChI=1S/C20H22N4O3/c25-19(26)20(9-13-27-15-4-2-1-3-5-15)7-11-24(12-8-20)18-16-6-10-21-17(16)22-14-23-18/h1-6,10,14H,7-9,11-13H2,(H,25,26)(H,21,22,23). The van der Waals surface area contributed by atoms with Crippen LogP contribution in [0.15, 0.2) is 48.9 Å². The van der Waals surface area contributed by atoms with Gasteiger partial charge in [-0.05, 0) is 37.5 Å². The number of H-pyrrole nitrogens is 1. The van der Waals surface area contributed by atoms with Crippen LogP contribution in [0.1, 0.15) is 19.3 Å². The Morgan fingerprint density at radius 2 is 1.96 bits per heavy atom. The molecule has 0 saturated carbocycles. The first kappa shape index (κ1) is 17.3. The van der Waals surface area contributed by atoms with Gasteiger partial charge in [-0.2, -0.15) is 0 Å². The van der Waals surface area contributed by atoms with Crippen molar-refractivity contribution in [2.75, 3.05) is 24.6 Å². The zero-order chi connectivity index (χ0) is 18.7. The van der Waals surface area contributed by atoms with E-state index >= 15 is 0 Å². The largest absolute Gasteiger partial charge is 0.494 e. The quantitative estimate of drug-likeness (QED) is 0.697. The highest BCUT2D eigenvalue weighted by Gasteiger charge is 2.41. The summed E-state index contributed by atoms with van der Waals surface area (Å²) in [5.41, 5.74) is 0.0431. The van der Waals surface area contributed by atoms with Gasteiger partial charge in [0.2, 0.25) is 0 Å². The summed E-state index contributed by atoms with van der Waals surface area (Å²) in [6.07, 6.45) is 5.01. The molecule has 2 N–H and O–H groups in total. The van der Waals surface area contributed by atoms with Crippen LogP contribution in [0.2, 0.25) is 0 Å². The van der Waals surface area contributed by atoms with E-state index in [2.05, 4.69) is 19.9 Å². The second-order valence-corrected chi connectivity index (χ2v) is 6.92. The number of carboxylic acids is 1. The monoisotopic (exact) mass is 366 g/mol. The number of aromatic amines is 1. The summed E-state index contributed by atoms with van der Waals surface area (Å²) < 4.78 is 5.74. The van der Waals surface area contributed by atoms with Gasteiger partial charge in [-0.1, -0.05) is 18.2 Å². The van der Waals surface area contributed by atoms with Gasteiger partial charge in [0.25, 0.3) is 0 Å². The first-order chi connectivity index (χ1) is 13.2. The molecule has 0 bridgehead atoms. The molecule has 1 fully saturated rings. The van der Waals surface area contributed by atoms with Gasteiger partial charge in [-0.15, -0.1) is 0 Å². The number of carbonyl (C=O) groups is 1. The molecule has 0 spiro atoms. The fourth-order valence-electron chi connectivity index (χ4n) is 3.71. The molecule has 1 saturated heterocycles. The zero-order valence-electron chi connectivity index (χ0n) is 15.0. The highest BCUT2D eigenvalue weighted by atomic mass is 16.5. The number of rotatable bonds is 6. The lowest BCUT2D eigenvalue weighted by Gasteiger charge is -2.39. The van der Waals surface area contributed by atoms with Crippen molar-refractivity contribution in [2.45, 2.75) is 19.3 Å². The van der Waals surface area contributed by atoms with E-state index in [0.29, 0.717) is 39.0 Å². The van der Waals surface area contributed by atoms with E-state index in [1.54, 1.807) is 6.33 Å². The van der Waals surface area contributed by atoms with Gasteiger partial charge in [-0.25, -0.2) is 9.97 Å². The number of nitrogens with one attached hydrogen (secondary N) is 1. The average Bonchev–Trinajstić information content (AvgIpc) is 3.18. The minimum Gasteiger partial charge on any atom is -0.494 e. The van der Waals surface area contributed by atoms with Crippen LogP contribution in [0, 0.1) is 5.41 Å². The van der Waals surface area contributed by atoms with E-state index < -0.39 is 11.4 Å². The summed E-state index contributed by atoms with van der Waals surface area (Å²) in [6.45, 7) is 1.69. The lowest BCUT2D eigenvalue weighted by atomic mass is 9.76. The van der Waals surface area contributed by atoms with Crippen LogP contribution in [0.3, 0.4) is 0 Å². The van der Waals surface area contributed by atoms with E-state index in [-0.39, 0.29) is 0 Å². The van der Waals surface area contributed by atoms with Crippen LogP contribution >= 0.6 is 0 Å². The molecule has 7 nitrogen and oxygen atoms in total. The van der Waals surface area contributed by atoms with Crippen LogP contribution < -0.4 is 9.64 Å². The Morgan fingerprint density at radius 3 is 2.70 bits per heavy atom. The number of ether oxygens (including phenoxy) is 1. The van der Waals surface area contributed by atoms with Crippen molar-refractivity contribution in [2.24, 2.45) is 5.41 Å². The maximum absolute atomic E-state index is 12.0. The fraction of sp³-hybridized carbons (Fsp3) is 0.350. The number of benzene rings is 1. The average molecular weight is 366 g/mol. The maximum Gasteiger partial charge on any atom is 0.309 e. The minimum atomic E-state index is -0.754. The zero-order valence-corrected chi connectivity index (χ0v) is 15.0. The number of aromatic nitrogens is 3. The van der Waals surface area contributed by atoms with E-state index in [4.69, 9.17) is 4.74 Å². The SMILES string of the molecule is O=C(O)C1(CCOc2ccccc2)CCN(c2ncnc3[nH]ccc23)CC1. The van der Waals surface area contributed by atoms with E-state index in [9.17, 15) is 9.90 Å². The van der Waals surface area contributed by atoms with Crippen molar-refractivity contribution in [3.63, 3.8) is 0 Å². The molecule has 0 aliphatic carbocycles. The number of fused-ring (bicyclic) bond motifs is 1. The summed E-state index contributed by atoms with van der Waals surface area (Å²) in [5.74, 6) is 0.889. The molecular weight excluding hydrogens is 344 g/mol. The number of nitrogens with zero attached hydrogens (tertiary/aromatic N) is 3. The summed E-state index contributed by atoms with van der Waals surface area (Å²) in [5, 5.41) is 10.8. The topological polar surface area (TPSA) is 91.3 Å². The van der Waals surface area contributed by atoms with Crippen LogP contribution in [0.25, 0.3) is 11.0 Å². The van der Waals surface area contributed by atoms with Crippen molar-refractivity contribution in [3.05, 3.63) is 48.9 Å². The number of piperidine rings is 1. The molecule has 0 radical (unpaired) electrons. The molecule has 0 unspecified atom stereocenters. The maximum atomic E-state index is 12.0. The number of anilines is 1. The van der Waals surface area contributed by atoms with Crippen molar-refractivity contribution in [1.82, 2.24) is 15.0 Å². The predicted octanol–water partition coefficient (Wildman–Crippen LogP) is 3.10. The van der Waals surface area contributed by atoms with Crippen molar-refractivity contribution in [3.8, 4) is 5.75 Å². The first-order valence-corrected chi connectivity index (χ1v) is 9.12. The number of carboxylic acid groups (broad SMARTS) is 1. The van der Waals surface area contributed by atoms with E-state index in [0.717, 1.165) is 22.6 Å². The van der Waals surface area contributed by atoms with Gasteiger partial charge < -0.3 is 19.7 Å². The number of hydrogen-bond donors (Lipinski definition) is 2. The molecule has 1 aromatic carbocycles. The highest BCUT2D eigenvalue weighted by Crippen LogP contribution is 2.37. The molecule has 0 atom stereocenters. The van der Waals surface area contributed by atoms with Gasteiger partial charge in [0.1, 0.15) is 23.5 Å². The van der Waals surface area contributed by atoms with Gasteiger partial charge in [0.05, 0.1) is 17.4 Å². The van der Waals surface area contributed by atoms with Gasteiger partial charge in [0, 0.05) is 19.3 Å². The predicted molar refractivity (Wildman–Crippen MR) is 102 cm³/mol. The van der Waals surface area contributed by atoms with Gasteiger partial charge >= 0.3 is 5.97 Å². The van der Waals surface area contributed by atoms with Crippen molar-refractivity contribution in [1.29, 1.82) is 0 Å². The fourth-order valence-corrected chi connectivity index (χ4v) is 3.71. The number of para-hydroxylation sites is 1. The third-order valence-corrected chi connectivity index (χ3v) is 5.40. The van der Waals surface area contributed by atoms with Crippen molar-refractivity contribution < 1.29 is 14.6 Å². The van der Waals surface area contributed by atoms with Crippen LogP contribution in [0.4, 0.5) is 5.82 Å². The van der Waals surface area contributed by atoms with E-state index in [1.165, 1.54) is 0 Å². The first-order valence-electron chi connectivity index (χ1n) is 9.12. The summed E-state index contributed by atoms with van der Waals surface area (Å²) in [7, 11) is 0. The Morgan fingerprint density at radius 1 is 1.19 bits per heavy atom. The van der Waals surface area contributed by atoms with E-state index in [1.807, 2.05) is 42.6 Å². The minimum absolute atomic E-state index is 0.395. The van der Waals surface area contributed by atoms with Crippen LogP contribution in [-0.4, -0.2) is 45.7 Å². The number of aliphatic carboxylic acids is 1. The third kappa shape index (κ3) is 3.45. The molecule has 3 aromatic rings. The van der Waals surface area contributed by atoms with Crippen LogP contribution in [0.5, 0.6) is 5.75 Å². The molecule has 0 amide bonds. The Balaban J connectivity index is 1.43. The molecule has 2 aromatic heterocycles. The van der Waals surface area contributed by atoms with Gasteiger partial charge in [-0.3, -0.25) is 4.79 Å². The highest BCUT2D eigenvalue weighted by molar-refractivity contribution is 5.87. The Hall–Kier alpha value is -3.09. The molecular formula is C20H22N4O3. The van der Waals surface area contributed by atoms with Crippen LogP contribution in [-0.2, 0) is 4.79 Å². The Kier molecular flexibility index (Phi) is 4.66. The van der Waals surface area contributed by atoms with Crippen molar-refractivity contribution >= 4 is 22.8 Å². The Bertz CT molecular complexity index is 917. The molecule has 7 heteroatoms. The summed E-state index contributed by atoms with van der Waals surface area (Å²) in [6, 6.07) is 11.5. The molecule has 3 heterocycles. The molecule has 4 rings (SSSR count). The second-order valence-electron chi connectivity index (χ2n) is 6.92. The smallest absolute Gasteiger partial charge is 0.309 e. The Labute approximate surface area is 157 Å². The molecule has 1 aliphatic rings. The normalized spacial score (nSPS) is 16.4. The molecule has 140 valence electrons. The summed E-state index contributed by atoms with van der Waals surface area (Å²) in [4.78, 5) is 25.9. The van der Waals surface area contributed by atoms with Gasteiger partial charge in [0.15, 0.2) is 0 Å². The third-order valence-electron chi connectivity index (χ3n) is 5.40. The number of hydrogen-bond acceptors (Lipinski definition) is 5. The summed E-state index contributed by atoms with van der Waals surface area (Å²) >= 11 is 0. The lowest BCUT2D eigenvalue weighted by molar-refractivity contribution is -0.151. The second kappa shape index (κ2) is 7.26. The molecule has 1 aliphatic heterocycles.